The summed E-state index contributed by atoms with van der Waals surface area (Å²) in [5, 5.41) is 3.41. The molecule has 2 aromatic rings. The molecule has 9 heteroatoms. The van der Waals surface area contributed by atoms with E-state index in [1.165, 1.54) is 24.3 Å². The summed E-state index contributed by atoms with van der Waals surface area (Å²) in [4.78, 5) is 19.2. The van der Waals surface area contributed by atoms with Crippen molar-refractivity contribution >= 4 is 27.5 Å². The molecule has 1 aromatic carbocycles. The minimum atomic E-state index is -3.79. The minimum absolute atomic E-state index is 0.0324. The van der Waals surface area contributed by atoms with E-state index in [9.17, 15) is 13.2 Å². The van der Waals surface area contributed by atoms with Crippen LogP contribution in [0.1, 0.15) is 25.5 Å². The van der Waals surface area contributed by atoms with Crippen LogP contribution in [0.4, 0.5) is 0 Å². The van der Waals surface area contributed by atoms with Crippen LogP contribution >= 0.6 is 11.6 Å². The molecule has 1 aromatic heterocycles. The highest BCUT2D eigenvalue weighted by molar-refractivity contribution is 7.89. The average molecular weight is 437 g/mol. The number of amides is 1. The lowest BCUT2D eigenvalue weighted by atomic mass is 10.0. The summed E-state index contributed by atoms with van der Waals surface area (Å²) in [5.74, 6) is -0.328. The van der Waals surface area contributed by atoms with Crippen LogP contribution in [0, 0.1) is 0 Å². The van der Waals surface area contributed by atoms with Crippen LogP contribution in [0.25, 0.3) is 0 Å². The maximum absolute atomic E-state index is 12.5. The molecule has 0 spiro atoms. The third-order valence-electron chi connectivity index (χ3n) is 4.89. The lowest BCUT2D eigenvalue weighted by Crippen LogP contribution is -2.50. The SMILES string of the molecule is C[C@H](NS(=O)(=O)c1ccc(Cl)cc1)C(=O)NC1CCN(Cc2ccccn2)CC1. The number of likely N-dealkylation sites (tertiary alicyclic amines) is 1. The molecular weight excluding hydrogens is 412 g/mol. The highest BCUT2D eigenvalue weighted by Crippen LogP contribution is 2.15. The number of benzene rings is 1. The van der Waals surface area contributed by atoms with Gasteiger partial charge in [-0.3, -0.25) is 14.7 Å². The number of nitrogens with one attached hydrogen (secondary N) is 2. The van der Waals surface area contributed by atoms with Crippen molar-refractivity contribution in [3.8, 4) is 0 Å². The van der Waals surface area contributed by atoms with Crippen LogP contribution in [-0.2, 0) is 21.4 Å². The minimum Gasteiger partial charge on any atom is -0.352 e. The molecule has 0 bridgehead atoms. The number of carbonyl (C=O) groups is 1. The van der Waals surface area contributed by atoms with Crippen LogP contribution in [0.3, 0.4) is 0 Å². The standard InChI is InChI=1S/C20H25ClN4O3S/c1-15(24-29(27,28)19-7-5-16(21)6-8-19)20(26)23-17-9-12-25(13-10-17)14-18-4-2-3-11-22-18/h2-8,11,15,17,24H,9-10,12-14H2,1H3,(H,23,26)/t15-/m0/s1. The molecule has 1 atom stereocenters. The van der Waals surface area contributed by atoms with Gasteiger partial charge in [0.05, 0.1) is 16.6 Å². The fourth-order valence-electron chi connectivity index (χ4n) is 3.25. The molecule has 3 rings (SSSR count). The third kappa shape index (κ3) is 6.24. The van der Waals surface area contributed by atoms with E-state index in [0.29, 0.717) is 5.02 Å². The second-order valence-electron chi connectivity index (χ2n) is 7.18. The van der Waals surface area contributed by atoms with E-state index in [-0.39, 0.29) is 16.8 Å². The molecule has 0 radical (unpaired) electrons. The summed E-state index contributed by atoms with van der Waals surface area (Å²) in [6.07, 6.45) is 3.42. The Balaban J connectivity index is 1.47. The van der Waals surface area contributed by atoms with Crippen molar-refractivity contribution < 1.29 is 13.2 Å². The zero-order valence-electron chi connectivity index (χ0n) is 16.2. The van der Waals surface area contributed by atoms with Gasteiger partial charge in [0.1, 0.15) is 0 Å². The predicted octanol–water partition coefficient (Wildman–Crippen LogP) is 2.18. The molecule has 1 fully saturated rings. The molecule has 1 amide bonds. The fraction of sp³-hybridized carbons (Fsp3) is 0.400. The van der Waals surface area contributed by atoms with Gasteiger partial charge in [0, 0.05) is 36.9 Å². The molecule has 2 heterocycles. The van der Waals surface area contributed by atoms with Gasteiger partial charge < -0.3 is 5.32 Å². The smallest absolute Gasteiger partial charge is 0.241 e. The summed E-state index contributed by atoms with van der Waals surface area (Å²) < 4.78 is 27.3. The van der Waals surface area contributed by atoms with Crippen molar-refractivity contribution in [2.24, 2.45) is 0 Å². The van der Waals surface area contributed by atoms with Gasteiger partial charge in [-0.05, 0) is 56.2 Å². The van der Waals surface area contributed by atoms with E-state index in [2.05, 4.69) is 19.9 Å². The van der Waals surface area contributed by atoms with Crippen molar-refractivity contribution in [2.45, 2.75) is 43.3 Å². The first-order valence-corrected chi connectivity index (χ1v) is 11.4. The first-order chi connectivity index (χ1) is 13.8. The van der Waals surface area contributed by atoms with E-state index in [0.717, 1.165) is 38.2 Å². The normalized spacial score (nSPS) is 17.0. The molecular formula is C20H25ClN4O3S. The van der Waals surface area contributed by atoms with E-state index in [1.807, 2.05) is 18.2 Å². The number of piperidine rings is 1. The molecule has 0 saturated carbocycles. The Kier molecular flexibility index (Phi) is 7.23. The van der Waals surface area contributed by atoms with Crippen molar-refractivity contribution in [2.75, 3.05) is 13.1 Å². The lowest BCUT2D eigenvalue weighted by molar-refractivity contribution is -0.123. The van der Waals surface area contributed by atoms with Crippen LogP contribution < -0.4 is 10.0 Å². The Hall–Kier alpha value is -2.00. The molecule has 0 unspecified atom stereocenters. The second kappa shape index (κ2) is 9.67. The third-order valence-corrected chi connectivity index (χ3v) is 6.70. The topological polar surface area (TPSA) is 91.4 Å². The number of hydrogen-bond acceptors (Lipinski definition) is 5. The van der Waals surface area contributed by atoms with Gasteiger partial charge in [-0.25, -0.2) is 8.42 Å². The monoisotopic (exact) mass is 436 g/mol. The zero-order chi connectivity index (χ0) is 20.9. The van der Waals surface area contributed by atoms with Gasteiger partial charge in [-0.15, -0.1) is 0 Å². The van der Waals surface area contributed by atoms with Crippen LogP contribution in [0.5, 0.6) is 0 Å². The summed E-state index contributed by atoms with van der Waals surface area (Å²) in [5.41, 5.74) is 1.03. The number of halogens is 1. The van der Waals surface area contributed by atoms with Gasteiger partial charge in [-0.2, -0.15) is 4.72 Å². The van der Waals surface area contributed by atoms with Crippen molar-refractivity contribution in [1.29, 1.82) is 0 Å². The first-order valence-electron chi connectivity index (χ1n) is 9.54. The Bertz CT molecular complexity index is 915. The molecule has 1 aliphatic heterocycles. The fourth-order valence-corrected chi connectivity index (χ4v) is 4.58. The van der Waals surface area contributed by atoms with Gasteiger partial charge >= 0.3 is 0 Å². The Morgan fingerprint density at radius 2 is 1.90 bits per heavy atom. The molecule has 1 aliphatic rings. The van der Waals surface area contributed by atoms with E-state index < -0.39 is 16.1 Å². The number of sulfonamides is 1. The number of hydrogen-bond donors (Lipinski definition) is 2. The van der Waals surface area contributed by atoms with Crippen LogP contribution in [0.2, 0.25) is 5.02 Å². The quantitative estimate of drug-likeness (QED) is 0.694. The Morgan fingerprint density at radius 1 is 1.21 bits per heavy atom. The predicted molar refractivity (Wildman–Crippen MR) is 112 cm³/mol. The zero-order valence-corrected chi connectivity index (χ0v) is 17.8. The molecule has 7 nitrogen and oxygen atoms in total. The molecule has 1 saturated heterocycles. The van der Waals surface area contributed by atoms with Gasteiger partial charge in [-0.1, -0.05) is 17.7 Å². The average Bonchev–Trinajstić information content (AvgIpc) is 2.70. The summed E-state index contributed by atoms with van der Waals surface area (Å²) in [6.45, 7) is 4.04. The molecule has 156 valence electrons. The maximum atomic E-state index is 12.5. The molecule has 29 heavy (non-hydrogen) atoms. The van der Waals surface area contributed by atoms with Gasteiger partial charge in [0.25, 0.3) is 0 Å². The first kappa shape index (κ1) is 21.7. The highest BCUT2D eigenvalue weighted by atomic mass is 35.5. The number of rotatable bonds is 7. The number of aromatic nitrogens is 1. The summed E-state index contributed by atoms with van der Waals surface area (Å²) in [6, 6.07) is 10.9. The largest absolute Gasteiger partial charge is 0.352 e. The van der Waals surface area contributed by atoms with Crippen molar-refractivity contribution in [1.82, 2.24) is 19.9 Å². The highest BCUT2D eigenvalue weighted by Gasteiger charge is 2.26. The molecule has 2 N–H and O–H groups in total. The van der Waals surface area contributed by atoms with Crippen molar-refractivity contribution in [3.63, 3.8) is 0 Å². The maximum Gasteiger partial charge on any atom is 0.241 e. The Labute approximate surface area is 176 Å². The van der Waals surface area contributed by atoms with Gasteiger partial charge in [0.2, 0.25) is 15.9 Å². The van der Waals surface area contributed by atoms with Crippen LogP contribution in [-0.4, -0.2) is 49.4 Å². The van der Waals surface area contributed by atoms with Gasteiger partial charge in [0.15, 0.2) is 0 Å². The molecule has 0 aliphatic carbocycles. The lowest BCUT2D eigenvalue weighted by Gasteiger charge is -2.32. The van der Waals surface area contributed by atoms with E-state index in [4.69, 9.17) is 11.6 Å². The number of carbonyl (C=O) groups excluding carboxylic acids is 1. The summed E-state index contributed by atoms with van der Waals surface area (Å²) >= 11 is 5.80. The van der Waals surface area contributed by atoms with E-state index in [1.54, 1.807) is 13.1 Å². The number of nitrogens with zero attached hydrogens (tertiary/aromatic N) is 2. The number of pyridine rings is 1. The van der Waals surface area contributed by atoms with Crippen molar-refractivity contribution in [3.05, 3.63) is 59.4 Å². The Morgan fingerprint density at radius 3 is 2.52 bits per heavy atom. The van der Waals surface area contributed by atoms with E-state index >= 15 is 0 Å². The van der Waals surface area contributed by atoms with Crippen LogP contribution in [0.15, 0.2) is 53.6 Å². The summed E-state index contributed by atoms with van der Waals surface area (Å²) in [7, 11) is -3.79. The second-order valence-corrected chi connectivity index (χ2v) is 9.33.